The lowest BCUT2D eigenvalue weighted by atomic mass is 10.0. The molecule has 30 heavy (non-hydrogen) atoms. The molecule has 2 N–H and O–H groups in total. The Morgan fingerprint density at radius 3 is 2.40 bits per heavy atom. The SMILES string of the molecule is Oc1ccccc1N1C(=S)N[C@H](c2ccccn2)[C@@H]1c1cccn1-c1ccccc1. The van der Waals surface area contributed by atoms with E-state index in [4.69, 9.17) is 12.2 Å². The van der Waals surface area contributed by atoms with Gasteiger partial charge in [-0.05, 0) is 60.7 Å². The van der Waals surface area contributed by atoms with E-state index in [-0.39, 0.29) is 17.8 Å². The normalized spacial score (nSPS) is 18.4. The van der Waals surface area contributed by atoms with E-state index >= 15 is 0 Å². The Morgan fingerprint density at radius 2 is 1.63 bits per heavy atom. The van der Waals surface area contributed by atoms with Gasteiger partial charge in [-0.3, -0.25) is 4.98 Å². The molecule has 0 amide bonds. The fourth-order valence-electron chi connectivity index (χ4n) is 4.04. The zero-order valence-electron chi connectivity index (χ0n) is 16.1. The Morgan fingerprint density at radius 1 is 0.867 bits per heavy atom. The summed E-state index contributed by atoms with van der Waals surface area (Å²) in [5.41, 5.74) is 3.67. The van der Waals surface area contributed by atoms with Crippen molar-refractivity contribution in [3.63, 3.8) is 0 Å². The molecule has 2 aromatic heterocycles. The minimum atomic E-state index is -0.198. The lowest BCUT2D eigenvalue weighted by Gasteiger charge is -2.29. The van der Waals surface area contributed by atoms with Crippen LogP contribution in [0.1, 0.15) is 23.5 Å². The first kappa shape index (κ1) is 18.4. The molecule has 1 saturated heterocycles. The fourth-order valence-corrected chi connectivity index (χ4v) is 4.38. The number of phenolic OH excluding ortho intramolecular Hbond substituents is 1. The lowest BCUT2D eigenvalue weighted by Crippen LogP contribution is -2.30. The summed E-state index contributed by atoms with van der Waals surface area (Å²) in [5.74, 6) is 0.186. The Bertz CT molecular complexity index is 1180. The molecule has 0 bridgehead atoms. The summed E-state index contributed by atoms with van der Waals surface area (Å²) in [5, 5.41) is 14.6. The molecule has 2 aromatic carbocycles. The van der Waals surface area contributed by atoms with Crippen molar-refractivity contribution in [2.75, 3.05) is 4.90 Å². The summed E-state index contributed by atoms with van der Waals surface area (Å²) in [6.07, 6.45) is 3.83. The summed E-state index contributed by atoms with van der Waals surface area (Å²) in [7, 11) is 0. The molecule has 5 nitrogen and oxygen atoms in total. The number of anilines is 1. The summed E-state index contributed by atoms with van der Waals surface area (Å²) in [6.45, 7) is 0. The molecule has 0 spiro atoms. The zero-order valence-corrected chi connectivity index (χ0v) is 16.9. The molecule has 3 heterocycles. The van der Waals surface area contributed by atoms with E-state index in [1.54, 1.807) is 12.3 Å². The second kappa shape index (κ2) is 7.65. The zero-order chi connectivity index (χ0) is 20.5. The minimum Gasteiger partial charge on any atom is -0.506 e. The second-order valence-electron chi connectivity index (χ2n) is 7.12. The molecule has 0 saturated carbocycles. The van der Waals surface area contributed by atoms with Crippen molar-refractivity contribution in [1.82, 2.24) is 14.9 Å². The van der Waals surface area contributed by atoms with Crippen LogP contribution in [0.15, 0.2) is 97.3 Å². The summed E-state index contributed by atoms with van der Waals surface area (Å²) >= 11 is 5.74. The molecule has 0 radical (unpaired) electrons. The first-order valence-electron chi connectivity index (χ1n) is 9.75. The maximum atomic E-state index is 10.6. The lowest BCUT2D eigenvalue weighted by molar-refractivity contribution is 0.472. The number of thiocarbonyl (C=S) groups is 1. The number of hydrogen-bond acceptors (Lipinski definition) is 3. The highest BCUT2D eigenvalue weighted by molar-refractivity contribution is 7.80. The number of nitrogens with zero attached hydrogens (tertiary/aromatic N) is 3. The molecule has 2 atom stereocenters. The smallest absolute Gasteiger partial charge is 0.174 e. The van der Waals surface area contributed by atoms with Crippen molar-refractivity contribution < 1.29 is 5.11 Å². The van der Waals surface area contributed by atoms with Crippen LogP contribution in [0.2, 0.25) is 0 Å². The van der Waals surface area contributed by atoms with Crippen LogP contribution in [-0.4, -0.2) is 19.8 Å². The molecule has 4 aromatic rings. The number of benzene rings is 2. The Hall–Kier alpha value is -3.64. The number of pyridine rings is 1. The Balaban J connectivity index is 1.69. The van der Waals surface area contributed by atoms with Crippen LogP contribution in [0.25, 0.3) is 5.69 Å². The number of aromatic hydroxyl groups is 1. The monoisotopic (exact) mass is 412 g/mol. The number of phenols is 1. The summed E-state index contributed by atoms with van der Waals surface area (Å²) in [6, 6.07) is 27.1. The minimum absolute atomic E-state index is 0.171. The molecule has 0 aliphatic carbocycles. The maximum Gasteiger partial charge on any atom is 0.174 e. The van der Waals surface area contributed by atoms with Crippen molar-refractivity contribution in [3.05, 3.63) is 109 Å². The third kappa shape index (κ3) is 3.11. The van der Waals surface area contributed by atoms with E-state index in [1.165, 1.54) is 0 Å². The van der Waals surface area contributed by atoms with Crippen LogP contribution >= 0.6 is 12.2 Å². The highest BCUT2D eigenvalue weighted by Gasteiger charge is 2.42. The number of nitrogens with one attached hydrogen (secondary N) is 1. The number of rotatable bonds is 4. The van der Waals surface area contributed by atoms with Gasteiger partial charge in [0, 0.05) is 23.8 Å². The van der Waals surface area contributed by atoms with Gasteiger partial charge in [0.1, 0.15) is 11.8 Å². The third-order valence-electron chi connectivity index (χ3n) is 5.36. The molecule has 0 unspecified atom stereocenters. The number of aromatic nitrogens is 2. The third-order valence-corrected chi connectivity index (χ3v) is 5.67. The van der Waals surface area contributed by atoms with Crippen LogP contribution in [0, 0.1) is 0 Å². The van der Waals surface area contributed by atoms with Gasteiger partial charge in [0.2, 0.25) is 0 Å². The molecule has 148 valence electrons. The Labute approximate surface area is 180 Å². The number of para-hydroxylation sites is 3. The van der Waals surface area contributed by atoms with E-state index in [9.17, 15) is 5.11 Å². The van der Waals surface area contributed by atoms with Crippen molar-refractivity contribution >= 4 is 23.0 Å². The number of hydrogen-bond donors (Lipinski definition) is 2. The first-order chi connectivity index (χ1) is 14.7. The van der Waals surface area contributed by atoms with Crippen molar-refractivity contribution in [2.24, 2.45) is 0 Å². The first-order valence-corrected chi connectivity index (χ1v) is 10.2. The second-order valence-corrected chi connectivity index (χ2v) is 7.51. The fraction of sp³-hybridized carbons (Fsp3) is 0.0833. The van der Waals surface area contributed by atoms with Crippen molar-refractivity contribution in [1.29, 1.82) is 0 Å². The maximum absolute atomic E-state index is 10.6. The Kier molecular flexibility index (Phi) is 4.69. The van der Waals surface area contributed by atoms with Crippen molar-refractivity contribution in [3.8, 4) is 11.4 Å². The van der Waals surface area contributed by atoms with E-state index in [0.717, 1.165) is 17.1 Å². The van der Waals surface area contributed by atoms with Gasteiger partial charge in [-0.1, -0.05) is 36.4 Å². The van der Waals surface area contributed by atoms with Gasteiger partial charge in [-0.15, -0.1) is 0 Å². The quantitative estimate of drug-likeness (QED) is 0.474. The largest absolute Gasteiger partial charge is 0.506 e. The van der Waals surface area contributed by atoms with Crippen LogP contribution in [0.3, 0.4) is 0 Å². The highest BCUT2D eigenvalue weighted by atomic mass is 32.1. The van der Waals surface area contributed by atoms with Gasteiger partial charge < -0.3 is 19.9 Å². The predicted molar refractivity (Wildman–Crippen MR) is 122 cm³/mol. The topological polar surface area (TPSA) is 53.3 Å². The molecular formula is C24H20N4OS. The van der Waals surface area contributed by atoms with E-state index in [1.807, 2.05) is 71.8 Å². The average molecular weight is 413 g/mol. The standard InChI is InChI=1S/C24H20N4OS/c29-21-14-5-4-12-19(21)28-23(22(26-24(28)30)18-11-6-7-15-25-18)20-13-8-16-27(20)17-9-2-1-3-10-17/h1-16,22-23,29H,(H,26,30)/t22-,23+/m1/s1. The molecule has 1 aliphatic heterocycles. The molecule has 1 aliphatic rings. The van der Waals surface area contributed by atoms with E-state index in [0.29, 0.717) is 10.8 Å². The van der Waals surface area contributed by atoms with Gasteiger partial charge in [0.05, 0.1) is 17.4 Å². The van der Waals surface area contributed by atoms with Crippen LogP contribution in [0.4, 0.5) is 5.69 Å². The summed E-state index contributed by atoms with van der Waals surface area (Å²) in [4.78, 5) is 6.57. The van der Waals surface area contributed by atoms with Gasteiger partial charge in [-0.2, -0.15) is 0 Å². The molecular weight excluding hydrogens is 392 g/mol. The predicted octanol–water partition coefficient (Wildman–Crippen LogP) is 4.76. The van der Waals surface area contributed by atoms with E-state index in [2.05, 4.69) is 33.1 Å². The van der Waals surface area contributed by atoms with Gasteiger partial charge >= 0.3 is 0 Å². The van der Waals surface area contributed by atoms with Gasteiger partial charge in [0.25, 0.3) is 0 Å². The molecule has 6 heteroatoms. The summed E-state index contributed by atoms with van der Waals surface area (Å²) < 4.78 is 2.16. The van der Waals surface area contributed by atoms with Crippen molar-refractivity contribution in [2.45, 2.75) is 12.1 Å². The van der Waals surface area contributed by atoms with Gasteiger partial charge in [0.15, 0.2) is 5.11 Å². The van der Waals surface area contributed by atoms with E-state index < -0.39 is 0 Å². The molecule has 1 fully saturated rings. The average Bonchev–Trinajstić information content (AvgIpc) is 3.40. The van der Waals surface area contributed by atoms with Gasteiger partial charge in [-0.25, -0.2) is 0 Å². The van der Waals surface area contributed by atoms with Crippen LogP contribution in [-0.2, 0) is 0 Å². The highest BCUT2D eigenvalue weighted by Crippen LogP contribution is 2.44. The van der Waals surface area contributed by atoms with Crippen LogP contribution < -0.4 is 10.2 Å². The molecule has 5 rings (SSSR count). The van der Waals surface area contributed by atoms with Crippen LogP contribution in [0.5, 0.6) is 5.75 Å².